The highest BCUT2D eigenvalue weighted by atomic mass is 32.2. The summed E-state index contributed by atoms with van der Waals surface area (Å²) in [6.07, 6.45) is -10.4. The Balaban J connectivity index is 1.48. The number of aromatic nitrogens is 2. The van der Waals surface area contributed by atoms with Gasteiger partial charge in [-0.1, -0.05) is 32.4 Å². The first-order valence-corrected chi connectivity index (χ1v) is 21.8. The van der Waals surface area contributed by atoms with E-state index in [9.17, 15) is 58.6 Å². The summed E-state index contributed by atoms with van der Waals surface area (Å²) >= 11 is 0. The molecule has 7 atom stereocenters. The lowest BCUT2D eigenvalue weighted by molar-refractivity contribution is -0.222. The number of benzene rings is 1. The van der Waals surface area contributed by atoms with E-state index < -0.39 is 134 Å². The van der Waals surface area contributed by atoms with Crippen molar-refractivity contribution in [2.75, 3.05) is 13.7 Å². The Hall–Kier alpha value is -4.96. The van der Waals surface area contributed by atoms with Crippen LogP contribution in [0.1, 0.15) is 91.7 Å². The molecule has 4 aliphatic rings. The molecule has 0 radical (unpaired) electrons. The maximum Gasteiger partial charge on any atom is 0.438 e. The third kappa shape index (κ3) is 9.07. The van der Waals surface area contributed by atoms with E-state index in [1.165, 1.54) is 6.92 Å². The van der Waals surface area contributed by atoms with Crippen LogP contribution in [0.5, 0.6) is 11.6 Å². The number of hydrogen-bond donors (Lipinski definition) is 3. The molecule has 63 heavy (non-hydrogen) atoms. The lowest BCUT2D eigenvalue weighted by atomic mass is 9.82. The molecule has 2 aliphatic heterocycles. The van der Waals surface area contributed by atoms with E-state index in [2.05, 4.69) is 20.0 Å². The molecule has 348 valence electrons. The maximum absolute atomic E-state index is 15.1. The van der Waals surface area contributed by atoms with Crippen LogP contribution in [0.2, 0.25) is 0 Å². The Morgan fingerprint density at radius 2 is 1.73 bits per heavy atom. The predicted octanol–water partition coefficient (Wildman–Crippen LogP) is 6.11. The number of alkyl halides is 6. The van der Waals surface area contributed by atoms with Crippen molar-refractivity contribution in [2.24, 2.45) is 17.8 Å². The van der Waals surface area contributed by atoms with Gasteiger partial charge in [0, 0.05) is 24.5 Å². The van der Waals surface area contributed by atoms with Crippen molar-refractivity contribution in [2.45, 2.75) is 132 Å². The normalized spacial score (nSPS) is 28.4. The van der Waals surface area contributed by atoms with Crippen molar-refractivity contribution in [3.05, 3.63) is 35.8 Å². The summed E-state index contributed by atoms with van der Waals surface area (Å²) < 4.78 is 140. The van der Waals surface area contributed by atoms with Gasteiger partial charge < -0.3 is 24.8 Å². The minimum Gasteiger partial charge on any atom is -0.494 e. The number of rotatable bonds is 9. The SMILES string of the molecule is CC[C@@H]1C[C@H](C)CC/C=C\[C@@H]2C[C@@]2(C(=O)NS(=O)(=O)C2(C)CC2)NC(=O)[C@@H]2C[C@@H](Oc3nc4cc(OC)c(F)cc4nc3C(F)(F)F)CN2C(=O)[C@H]1N(C(=O)O)C(C)(C)C(F)(F)F. The number of carbonyl (C=O) groups excluding carboxylic acids is 3. The van der Waals surface area contributed by atoms with Crippen molar-refractivity contribution in [1.82, 2.24) is 29.8 Å². The highest BCUT2D eigenvalue weighted by molar-refractivity contribution is 7.91. The van der Waals surface area contributed by atoms with Gasteiger partial charge in [0.2, 0.25) is 33.4 Å². The van der Waals surface area contributed by atoms with Crippen LogP contribution in [0, 0.1) is 23.6 Å². The van der Waals surface area contributed by atoms with Crippen LogP contribution < -0.4 is 19.5 Å². The van der Waals surface area contributed by atoms with Gasteiger partial charge in [-0.2, -0.15) is 26.3 Å². The van der Waals surface area contributed by atoms with Gasteiger partial charge in [0.25, 0.3) is 5.91 Å². The largest absolute Gasteiger partial charge is 0.494 e. The minimum atomic E-state index is -5.27. The molecule has 3 heterocycles. The van der Waals surface area contributed by atoms with Crippen LogP contribution in [0.25, 0.3) is 11.0 Å². The van der Waals surface area contributed by atoms with E-state index >= 15 is 4.79 Å². The van der Waals surface area contributed by atoms with Gasteiger partial charge in [-0.05, 0) is 71.1 Å². The number of nitrogens with one attached hydrogen (secondary N) is 2. The van der Waals surface area contributed by atoms with Crippen LogP contribution in [-0.2, 0) is 30.6 Å². The van der Waals surface area contributed by atoms with Crippen molar-refractivity contribution in [3.8, 4) is 11.6 Å². The summed E-state index contributed by atoms with van der Waals surface area (Å²) in [6, 6.07) is -2.35. The zero-order chi connectivity index (χ0) is 46.8. The highest BCUT2D eigenvalue weighted by Crippen LogP contribution is 2.48. The Labute approximate surface area is 358 Å². The number of carboxylic acid groups (broad SMARTS) is 1. The average molecular weight is 923 g/mol. The Morgan fingerprint density at radius 3 is 2.30 bits per heavy atom. The zero-order valence-electron chi connectivity index (χ0n) is 35.2. The monoisotopic (exact) mass is 922 g/mol. The number of allylic oxidation sites excluding steroid dienone is 1. The molecule has 2 saturated carbocycles. The van der Waals surface area contributed by atoms with E-state index in [0.717, 1.165) is 18.1 Å². The predicted molar refractivity (Wildman–Crippen MR) is 209 cm³/mol. The molecule has 1 aromatic carbocycles. The quantitative estimate of drug-likeness (QED) is 0.194. The smallest absolute Gasteiger partial charge is 0.438 e. The van der Waals surface area contributed by atoms with E-state index in [0.29, 0.717) is 32.8 Å². The van der Waals surface area contributed by atoms with Gasteiger partial charge in [-0.15, -0.1) is 0 Å². The van der Waals surface area contributed by atoms with Crippen molar-refractivity contribution in [1.29, 1.82) is 0 Å². The van der Waals surface area contributed by atoms with E-state index in [1.807, 2.05) is 0 Å². The van der Waals surface area contributed by atoms with E-state index in [1.54, 1.807) is 26.0 Å². The molecular weight excluding hydrogens is 874 g/mol. The second-order valence-corrected chi connectivity index (χ2v) is 19.9. The molecule has 1 aromatic heterocycles. The second-order valence-electron chi connectivity index (χ2n) is 17.7. The first kappa shape index (κ1) is 47.5. The van der Waals surface area contributed by atoms with Crippen LogP contribution in [0.15, 0.2) is 24.3 Å². The van der Waals surface area contributed by atoms with Crippen molar-refractivity contribution < 1.29 is 72.9 Å². The number of fused-ring (bicyclic) bond motifs is 3. The zero-order valence-corrected chi connectivity index (χ0v) is 36.0. The van der Waals surface area contributed by atoms with E-state index in [-0.39, 0.29) is 48.4 Å². The van der Waals surface area contributed by atoms with Crippen molar-refractivity contribution in [3.63, 3.8) is 0 Å². The molecule has 0 spiro atoms. The number of amides is 4. The van der Waals surface area contributed by atoms with Crippen LogP contribution in [-0.4, -0.2) is 111 Å². The molecular formula is C40H49F7N6O9S. The fraction of sp³-hybridized carbons (Fsp3) is 0.650. The first-order chi connectivity index (χ1) is 29.1. The van der Waals surface area contributed by atoms with Crippen LogP contribution >= 0.6 is 0 Å². The number of hydrogen-bond acceptors (Lipinski definition) is 10. The maximum atomic E-state index is 15.1. The molecule has 2 aliphatic carbocycles. The lowest BCUT2D eigenvalue weighted by Gasteiger charge is -2.46. The topological polar surface area (TPSA) is 197 Å². The Bertz CT molecular complexity index is 2310. The van der Waals surface area contributed by atoms with Gasteiger partial charge in [-0.25, -0.2) is 27.6 Å². The van der Waals surface area contributed by atoms with Gasteiger partial charge in [0.1, 0.15) is 29.3 Å². The molecule has 6 rings (SSSR count). The molecule has 0 unspecified atom stereocenters. The summed E-state index contributed by atoms with van der Waals surface area (Å²) in [5.41, 5.74) is -7.70. The Kier molecular flexibility index (Phi) is 12.5. The van der Waals surface area contributed by atoms with E-state index in [4.69, 9.17) is 9.47 Å². The summed E-state index contributed by atoms with van der Waals surface area (Å²) in [6.45, 7) is 5.09. The number of methoxy groups -OCH3 is 1. The number of nitrogens with zero attached hydrogens (tertiary/aromatic N) is 4. The van der Waals surface area contributed by atoms with Gasteiger partial charge in [0.05, 0.1) is 29.4 Å². The fourth-order valence-electron chi connectivity index (χ4n) is 8.39. The van der Waals surface area contributed by atoms with Gasteiger partial charge in [-0.3, -0.25) is 24.0 Å². The second kappa shape index (κ2) is 16.5. The van der Waals surface area contributed by atoms with Crippen molar-refractivity contribution >= 4 is 44.9 Å². The third-order valence-corrected chi connectivity index (χ3v) is 15.0. The molecule has 1 saturated heterocycles. The van der Waals surface area contributed by atoms with Gasteiger partial charge >= 0.3 is 18.4 Å². The minimum absolute atomic E-state index is 0.00434. The molecule has 15 nitrogen and oxygen atoms in total. The molecule has 3 N–H and O–H groups in total. The number of ether oxygens (including phenoxy) is 2. The first-order valence-electron chi connectivity index (χ1n) is 20.3. The number of carbonyl (C=O) groups is 4. The van der Waals surface area contributed by atoms with Crippen LogP contribution in [0.4, 0.5) is 35.5 Å². The standard InChI is InChI=1S/C40H49F7N6O9S/c1-7-21-14-20(2)10-8-9-11-22-18-38(22,34(56)51-63(59,60)37(5)12-13-37)50-31(54)27-15-23(19-52(27)33(55)29(21)53(35(57)58)36(3,4)40(45,46)47)62-32-30(39(42,43)44)48-25-16-24(41)28(61-6)17-26(25)49-32/h9,11,16-17,20-23,27,29H,7-8,10,12-15,18-19H2,1-6H3,(H,50,54)(H,51,56)(H,57,58)/b11-9-/t20-,21-,22-,23-,27+,29+,38-/m1/s1. The summed E-state index contributed by atoms with van der Waals surface area (Å²) in [5, 5.41) is 13.1. The summed E-state index contributed by atoms with van der Waals surface area (Å²) in [5.74, 6) is -8.37. The summed E-state index contributed by atoms with van der Waals surface area (Å²) in [4.78, 5) is 64.8. The molecule has 2 aromatic rings. The number of halogens is 7. The summed E-state index contributed by atoms with van der Waals surface area (Å²) in [7, 11) is -3.16. The lowest BCUT2D eigenvalue weighted by Crippen LogP contribution is -2.66. The highest BCUT2D eigenvalue weighted by Gasteiger charge is 2.64. The molecule has 3 fully saturated rings. The molecule has 23 heteroatoms. The number of sulfonamides is 1. The average Bonchev–Trinajstić information content (AvgIpc) is 4.06. The molecule has 4 amide bonds. The van der Waals surface area contributed by atoms with Crippen LogP contribution in [0.3, 0.4) is 0 Å². The fourth-order valence-corrected chi connectivity index (χ4v) is 9.71. The Morgan fingerprint density at radius 1 is 1.08 bits per heavy atom. The third-order valence-electron chi connectivity index (χ3n) is 12.8. The molecule has 0 bridgehead atoms. The van der Waals surface area contributed by atoms with Gasteiger partial charge in [0.15, 0.2) is 11.6 Å².